The van der Waals surface area contributed by atoms with Crippen LogP contribution in [0.4, 0.5) is 0 Å². The highest BCUT2D eigenvalue weighted by Gasteiger charge is 2.23. The number of piperidine rings is 1. The summed E-state index contributed by atoms with van der Waals surface area (Å²) < 4.78 is 2.86. The van der Waals surface area contributed by atoms with Gasteiger partial charge in [-0.25, -0.2) is 4.98 Å². The van der Waals surface area contributed by atoms with Crippen molar-refractivity contribution in [3.05, 3.63) is 22.9 Å². The third-order valence-corrected chi connectivity index (χ3v) is 4.63. The average Bonchev–Trinajstić information content (AvgIpc) is 2.97. The molecule has 0 bridgehead atoms. The highest BCUT2D eigenvalue weighted by atomic mass is 16.2. The lowest BCUT2D eigenvalue weighted by Crippen LogP contribution is -2.43. The van der Waals surface area contributed by atoms with Crippen molar-refractivity contribution in [2.75, 3.05) is 19.6 Å². The summed E-state index contributed by atoms with van der Waals surface area (Å²) in [5.74, 6) is 0.269. The van der Waals surface area contributed by atoms with E-state index >= 15 is 0 Å². The smallest absolute Gasteiger partial charge is 0.264 e. The van der Waals surface area contributed by atoms with Gasteiger partial charge < -0.3 is 10.2 Å². The maximum absolute atomic E-state index is 12.5. The molecule has 0 aliphatic carbocycles. The van der Waals surface area contributed by atoms with Crippen LogP contribution in [0.25, 0.3) is 11.0 Å². The number of carbonyl (C=O) groups is 2. The van der Waals surface area contributed by atoms with E-state index in [9.17, 15) is 14.4 Å². The fourth-order valence-corrected chi connectivity index (χ4v) is 3.10. The lowest BCUT2D eigenvalue weighted by atomic mass is 9.96. The number of nitrogens with zero attached hydrogens (tertiary/aromatic N) is 5. The van der Waals surface area contributed by atoms with Gasteiger partial charge in [0.1, 0.15) is 18.3 Å². The molecule has 2 aromatic heterocycles. The molecule has 0 aromatic carbocycles. The maximum Gasteiger partial charge on any atom is 0.264 e. The molecule has 1 fully saturated rings. The molecule has 0 saturated carbocycles. The van der Waals surface area contributed by atoms with Crippen molar-refractivity contribution in [1.29, 1.82) is 0 Å². The van der Waals surface area contributed by atoms with Gasteiger partial charge in [-0.3, -0.25) is 23.6 Å². The van der Waals surface area contributed by atoms with E-state index in [0.29, 0.717) is 36.6 Å². The fourth-order valence-electron chi connectivity index (χ4n) is 3.10. The van der Waals surface area contributed by atoms with Crippen LogP contribution < -0.4 is 10.9 Å². The quantitative estimate of drug-likeness (QED) is 0.804. The van der Waals surface area contributed by atoms with Gasteiger partial charge in [-0.15, -0.1) is 0 Å². The fraction of sp³-hybridized carbons (Fsp3) is 0.562. The zero-order valence-corrected chi connectivity index (χ0v) is 14.4. The van der Waals surface area contributed by atoms with Crippen molar-refractivity contribution >= 4 is 22.8 Å². The Morgan fingerprint density at radius 3 is 2.72 bits per heavy atom. The summed E-state index contributed by atoms with van der Waals surface area (Å²) in [4.78, 5) is 41.8. The van der Waals surface area contributed by atoms with Gasteiger partial charge in [-0.05, 0) is 18.8 Å². The second kappa shape index (κ2) is 7.04. The molecule has 3 heterocycles. The Kier molecular flexibility index (Phi) is 4.82. The molecule has 2 aromatic rings. The molecule has 25 heavy (non-hydrogen) atoms. The van der Waals surface area contributed by atoms with E-state index in [-0.39, 0.29) is 23.9 Å². The van der Waals surface area contributed by atoms with Crippen molar-refractivity contribution in [3.8, 4) is 0 Å². The molecular weight excluding hydrogens is 324 g/mol. The standard InChI is InChI=1S/C16H22N6O3/c1-11(23)17-7-12-3-5-21(6-4-12)14(24)9-22-10-18-15-13(16(22)25)8-19-20(15)2/h8,10,12H,3-7,9H2,1-2H3,(H,17,23). The molecular formula is C16H22N6O3. The van der Waals surface area contributed by atoms with Gasteiger partial charge in [0.2, 0.25) is 11.8 Å². The maximum atomic E-state index is 12.5. The van der Waals surface area contributed by atoms with Gasteiger partial charge in [-0.1, -0.05) is 0 Å². The van der Waals surface area contributed by atoms with Crippen LogP contribution in [0.15, 0.2) is 17.3 Å². The minimum Gasteiger partial charge on any atom is -0.356 e. The molecule has 3 rings (SSSR count). The molecule has 0 unspecified atom stereocenters. The van der Waals surface area contributed by atoms with Gasteiger partial charge in [-0.2, -0.15) is 5.10 Å². The van der Waals surface area contributed by atoms with Crippen LogP contribution in [0.3, 0.4) is 0 Å². The number of likely N-dealkylation sites (tertiary alicyclic amines) is 1. The zero-order chi connectivity index (χ0) is 18.0. The Bertz CT molecular complexity index is 847. The van der Waals surface area contributed by atoms with Crippen LogP contribution in [0.1, 0.15) is 19.8 Å². The first-order chi connectivity index (χ1) is 12.0. The third-order valence-electron chi connectivity index (χ3n) is 4.63. The second-order valence-electron chi connectivity index (χ2n) is 6.44. The van der Waals surface area contributed by atoms with Gasteiger partial charge in [0.05, 0.1) is 6.20 Å². The summed E-state index contributed by atoms with van der Waals surface area (Å²) in [5, 5.41) is 7.25. The van der Waals surface area contributed by atoms with Gasteiger partial charge in [0, 0.05) is 33.6 Å². The molecule has 0 radical (unpaired) electrons. The largest absolute Gasteiger partial charge is 0.356 e. The first kappa shape index (κ1) is 17.1. The van der Waals surface area contributed by atoms with E-state index in [1.54, 1.807) is 11.9 Å². The second-order valence-corrected chi connectivity index (χ2v) is 6.44. The van der Waals surface area contributed by atoms with E-state index in [4.69, 9.17) is 0 Å². The van der Waals surface area contributed by atoms with Gasteiger partial charge in [0.15, 0.2) is 5.65 Å². The number of fused-ring (bicyclic) bond motifs is 1. The first-order valence-electron chi connectivity index (χ1n) is 8.35. The van der Waals surface area contributed by atoms with E-state index in [1.165, 1.54) is 28.7 Å². The van der Waals surface area contributed by atoms with Crippen LogP contribution in [-0.4, -0.2) is 55.7 Å². The van der Waals surface area contributed by atoms with Crippen LogP contribution >= 0.6 is 0 Å². The molecule has 1 aliphatic rings. The summed E-state index contributed by atoms with van der Waals surface area (Å²) in [6, 6.07) is 0. The van der Waals surface area contributed by atoms with Crippen molar-refractivity contribution in [2.24, 2.45) is 13.0 Å². The summed E-state index contributed by atoms with van der Waals surface area (Å²) >= 11 is 0. The molecule has 0 spiro atoms. The van der Waals surface area contributed by atoms with E-state index < -0.39 is 0 Å². The summed E-state index contributed by atoms with van der Waals surface area (Å²) in [5.41, 5.74) is 0.250. The molecule has 134 valence electrons. The summed E-state index contributed by atoms with van der Waals surface area (Å²) in [7, 11) is 1.72. The predicted octanol–water partition coefficient (Wildman–Crippen LogP) is -0.495. The molecule has 1 N–H and O–H groups in total. The van der Waals surface area contributed by atoms with Gasteiger partial charge in [0.25, 0.3) is 5.56 Å². The first-order valence-corrected chi connectivity index (χ1v) is 8.35. The molecule has 9 nitrogen and oxygen atoms in total. The summed E-state index contributed by atoms with van der Waals surface area (Å²) in [6.07, 6.45) is 4.56. The molecule has 2 amide bonds. The minimum atomic E-state index is -0.257. The molecule has 9 heteroatoms. The lowest BCUT2D eigenvalue weighted by molar-refractivity contribution is -0.133. The number of hydrogen-bond acceptors (Lipinski definition) is 5. The normalized spacial score (nSPS) is 15.5. The zero-order valence-electron chi connectivity index (χ0n) is 14.4. The number of hydrogen-bond donors (Lipinski definition) is 1. The topological polar surface area (TPSA) is 102 Å². The third kappa shape index (κ3) is 3.70. The van der Waals surface area contributed by atoms with Crippen LogP contribution in [0.2, 0.25) is 0 Å². The number of carbonyl (C=O) groups excluding carboxylic acids is 2. The summed E-state index contributed by atoms with van der Waals surface area (Å²) in [6.45, 7) is 3.41. The van der Waals surface area contributed by atoms with Crippen molar-refractivity contribution in [2.45, 2.75) is 26.3 Å². The average molecular weight is 346 g/mol. The Balaban J connectivity index is 1.61. The van der Waals surface area contributed by atoms with Crippen LogP contribution in [0.5, 0.6) is 0 Å². The minimum absolute atomic E-state index is 0.0208. The molecule has 1 saturated heterocycles. The number of aromatic nitrogens is 4. The Labute approximate surface area is 144 Å². The Morgan fingerprint density at radius 2 is 2.04 bits per heavy atom. The highest BCUT2D eigenvalue weighted by molar-refractivity contribution is 5.77. The molecule has 0 atom stereocenters. The van der Waals surface area contributed by atoms with Crippen LogP contribution in [0, 0.1) is 5.92 Å². The van der Waals surface area contributed by atoms with E-state index in [2.05, 4.69) is 15.4 Å². The van der Waals surface area contributed by atoms with Crippen molar-refractivity contribution in [1.82, 2.24) is 29.5 Å². The number of amides is 2. The van der Waals surface area contributed by atoms with E-state index in [1.807, 2.05) is 0 Å². The monoisotopic (exact) mass is 346 g/mol. The number of aryl methyl sites for hydroxylation is 1. The SMILES string of the molecule is CC(=O)NCC1CCN(C(=O)Cn2cnc3c(cnn3C)c2=O)CC1. The Hall–Kier alpha value is -2.71. The van der Waals surface area contributed by atoms with Crippen molar-refractivity contribution in [3.63, 3.8) is 0 Å². The predicted molar refractivity (Wildman–Crippen MR) is 90.8 cm³/mol. The highest BCUT2D eigenvalue weighted by Crippen LogP contribution is 2.16. The van der Waals surface area contributed by atoms with Crippen LogP contribution in [-0.2, 0) is 23.2 Å². The van der Waals surface area contributed by atoms with Gasteiger partial charge >= 0.3 is 0 Å². The Morgan fingerprint density at radius 1 is 1.32 bits per heavy atom. The molecule has 1 aliphatic heterocycles. The lowest BCUT2D eigenvalue weighted by Gasteiger charge is -2.32. The number of nitrogens with one attached hydrogen (secondary N) is 1. The number of rotatable bonds is 4. The van der Waals surface area contributed by atoms with Crippen molar-refractivity contribution < 1.29 is 9.59 Å². The van der Waals surface area contributed by atoms with E-state index in [0.717, 1.165) is 12.8 Å².